The van der Waals surface area contributed by atoms with Gasteiger partial charge in [0.05, 0.1) is 5.75 Å². The number of nitrogens with zero attached hydrogens (tertiary/aromatic N) is 1. The molecule has 148 valence electrons. The number of rotatable bonds is 7. The molecule has 2 aromatic carbocycles. The molecular weight excluding hydrogens is 368 g/mol. The first-order valence-electron chi connectivity index (χ1n) is 10.2. The topological polar surface area (TPSA) is 41.6 Å². The first-order chi connectivity index (χ1) is 13.8. The van der Waals surface area contributed by atoms with Gasteiger partial charge in [-0.05, 0) is 49.1 Å². The first kappa shape index (κ1) is 19.3. The van der Waals surface area contributed by atoms with E-state index >= 15 is 0 Å². The van der Waals surface area contributed by atoms with Crippen LogP contribution in [0.2, 0.25) is 0 Å². The van der Waals surface area contributed by atoms with Gasteiger partial charge in [0, 0.05) is 12.6 Å². The fourth-order valence-corrected chi connectivity index (χ4v) is 5.14. The molecule has 0 aliphatic carbocycles. The lowest BCUT2D eigenvalue weighted by Crippen LogP contribution is -2.38. The van der Waals surface area contributed by atoms with Crippen LogP contribution in [0.3, 0.4) is 0 Å². The molecule has 2 unspecified atom stereocenters. The van der Waals surface area contributed by atoms with Crippen LogP contribution in [0.4, 0.5) is 0 Å². The van der Waals surface area contributed by atoms with Gasteiger partial charge in [-0.2, -0.15) is 0 Å². The summed E-state index contributed by atoms with van der Waals surface area (Å²) in [6.45, 7) is 2.49. The molecule has 0 radical (unpaired) electrons. The molecule has 4 nitrogen and oxygen atoms in total. The fourth-order valence-electron chi connectivity index (χ4n) is 3.94. The Balaban J connectivity index is 1.39. The molecule has 4 rings (SSSR count). The van der Waals surface area contributed by atoms with Gasteiger partial charge in [-0.15, -0.1) is 11.8 Å². The molecule has 2 heterocycles. The van der Waals surface area contributed by atoms with Gasteiger partial charge in [-0.25, -0.2) is 0 Å². The Bertz CT molecular complexity index is 777. The van der Waals surface area contributed by atoms with Crippen LogP contribution >= 0.6 is 11.8 Å². The molecule has 2 aliphatic rings. The van der Waals surface area contributed by atoms with Crippen molar-refractivity contribution in [3.05, 3.63) is 65.7 Å². The van der Waals surface area contributed by atoms with Crippen molar-refractivity contribution in [2.45, 2.75) is 43.7 Å². The van der Waals surface area contributed by atoms with E-state index in [-0.39, 0.29) is 11.3 Å². The van der Waals surface area contributed by atoms with Crippen LogP contribution in [-0.4, -0.2) is 35.7 Å². The second kappa shape index (κ2) is 9.48. The SMILES string of the molecule is O=C1CSC(c2cccc(OCc3ccccc3)c2)N1CCC1CCCCN1. The molecule has 2 atom stereocenters. The van der Waals surface area contributed by atoms with Gasteiger partial charge in [0.15, 0.2) is 0 Å². The molecule has 1 N–H and O–H groups in total. The molecule has 0 bridgehead atoms. The highest BCUT2D eigenvalue weighted by molar-refractivity contribution is 8.00. The van der Waals surface area contributed by atoms with E-state index in [0.717, 1.165) is 36.4 Å². The molecule has 0 aromatic heterocycles. The highest BCUT2D eigenvalue weighted by atomic mass is 32.2. The van der Waals surface area contributed by atoms with Crippen LogP contribution in [0, 0.1) is 0 Å². The quantitative estimate of drug-likeness (QED) is 0.754. The van der Waals surface area contributed by atoms with Crippen molar-refractivity contribution < 1.29 is 9.53 Å². The predicted molar refractivity (Wildman–Crippen MR) is 114 cm³/mol. The Morgan fingerprint density at radius 2 is 2.00 bits per heavy atom. The van der Waals surface area contributed by atoms with Crippen LogP contribution in [0.1, 0.15) is 42.2 Å². The Kier molecular flexibility index (Phi) is 6.55. The summed E-state index contributed by atoms with van der Waals surface area (Å²) in [5.74, 6) is 1.68. The zero-order chi connectivity index (χ0) is 19.2. The maximum Gasteiger partial charge on any atom is 0.233 e. The van der Waals surface area contributed by atoms with E-state index in [4.69, 9.17) is 4.74 Å². The maximum absolute atomic E-state index is 12.5. The summed E-state index contributed by atoms with van der Waals surface area (Å²) in [6, 6.07) is 19.0. The van der Waals surface area contributed by atoms with Gasteiger partial charge in [0.2, 0.25) is 5.91 Å². The number of thioether (sulfide) groups is 1. The number of hydrogen-bond donors (Lipinski definition) is 1. The number of hydrogen-bond acceptors (Lipinski definition) is 4. The Morgan fingerprint density at radius 3 is 2.82 bits per heavy atom. The summed E-state index contributed by atoms with van der Waals surface area (Å²) >= 11 is 1.72. The van der Waals surface area contributed by atoms with Crippen LogP contribution in [0.25, 0.3) is 0 Å². The summed E-state index contributed by atoms with van der Waals surface area (Å²) in [6.07, 6.45) is 4.83. The van der Waals surface area contributed by atoms with Crippen LogP contribution in [0.15, 0.2) is 54.6 Å². The number of nitrogens with one attached hydrogen (secondary N) is 1. The number of amides is 1. The van der Waals surface area contributed by atoms with Crippen molar-refractivity contribution in [1.29, 1.82) is 0 Å². The van der Waals surface area contributed by atoms with Crippen molar-refractivity contribution in [2.24, 2.45) is 0 Å². The van der Waals surface area contributed by atoms with Gasteiger partial charge >= 0.3 is 0 Å². The van der Waals surface area contributed by atoms with E-state index < -0.39 is 0 Å². The number of benzene rings is 2. The van der Waals surface area contributed by atoms with Crippen molar-refractivity contribution in [3.8, 4) is 5.75 Å². The van der Waals surface area contributed by atoms with Crippen molar-refractivity contribution in [3.63, 3.8) is 0 Å². The van der Waals surface area contributed by atoms with E-state index in [1.807, 2.05) is 30.3 Å². The third-order valence-electron chi connectivity index (χ3n) is 5.49. The molecule has 5 heteroatoms. The molecule has 2 aliphatic heterocycles. The van der Waals surface area contributed by atoms with E-state index in [2.05, 4.69) is 34.5 Å². The minimum atomic E-state index is 0.0939. The average Bonchev–Trinajstić information content (AvgIpc) is 3.13. The molecular formula is C23H28N2O2S. The van der Waals surface area contributed by atoms with E-state index in [1.54, 1.807) is 11.8 Å². The molecule has 0 saturated carbocycles. The minimum absolute atomic E-state index is 0.0939. The average molecular weight is 397 g/mol. The number of carbonyl (C=O) groups excluding carboxylic acids is 1. The lowest BCUT2D eigenvalue weighted by atomic mass is 10.0. The van der Waals surface area contributed by atoms with Crippen LogP contribution in [-0.2, 0) is 11.4 Å². The third kappa shape index (κ3) is 4.89. The molecule has 1 amide bonds. The van der Waals surface area contributed by atoms with Gasteiger partial charge in [0.1, 0.15) is 17.7 Å². The highest BCUT2D eigenvalue weighted by Crippen LogP contribution is 2.39. The molecule has 2 saturated heterocycles. The predicted octanol–water partition coefficient (Wildman–Crippen LogP) is 4.37. The fraction of sp³-hybridized carbons (Fsp3) is 0.435. The van der Waals surface area contributed by atoms with E-state index in [0.29, 0.717) is 18.4 Å². The molecule has 2 fully saturated rings. The smallest absolute Gasteiger partial charge is 0.233 e. The van der Waals surface area contributed by atoms with Gasteiger partial charge in [-0.3, -0.25) is 4.79 Å². The second-order valence-electron chi connectivity index (χ2n) is 7.53. The van der Waals surface area contributed by atoms with Crippen molar-refractivity contribution >= 4 is 17.7 Å². The standard InChI is InChI=1S/C23H28N2O2S/c26-22-17-28-23(25(22)14-12-20-10-4-5-13-24-20)19-9-6-11-21(15-19)27-16-18-7-2-1-3-8-18/h1-3,6-9,11,15,20,23-24H,4-5,10,12-14,16-17H2. The van der Waals surface area contributed by atoms with Gasteiger partial charge in [0.25, 0.3) is 0 Å². The Morgan fingerprint density at radius 1 is 1.11 bits per heavy atom. The molecule has 28 heavy (non-hydrogen) atoms. The minimum Gasteiger partial charge on any atom is -0.489 e. The summed E-state index contributed by atoms with van der Waals surface area (Å²) in [4.78, 5) is 14.5. The molecule has 2 aromatic rings. The lowest BCUT2D eigenvalue weighted by Gasteiger charge is -2.29. The Hall–Kier alpha value is -1.98. The van der Waals surface area contributed by atoms with Crippen LogP contribution in [0.5, 0.6) is 5.75 Å². The zero-order valence-corrected chi connectivity index (χ0v) is 17.0. The third-order valence-corrected chi connectivity index (χ3v) is 6.75. The van der Waals surface area contributed by atoms with E-state index in [9.17, 15) is 4.79 Å². The Labute approximate surface area is 171 Å². The summed E-state index contributed by atoms with van der Waals surface area (Å²) < 4.78 is 5.99. The number of ether oxygens (including phenoxy) is 1. The van der Waals surface area contributed by atoms with Gasteiger partial charge in [-0.1, -0.05) is 48.9 Å². The maximum atomic E-state index is 12.5. The summed E-state index contributed by atoms with van der Waals surface area (Å²) in [7, 11) is 0. The van der Waals surface area contributed by atoms with Crippen LogP contribution < -0.4 is 10.1 Å². The lowest BCUT2D eigenvalue weighted by molar-refractivity contribution is -0.128. The van der Waals surface area contributed by atoms with Gasteiger partial charge < -0.3 is 15.0 Å². The zero-order valence-electron chi connectivity index (χ0n) is 16.2. The first-order valence-corrected chi connectivity index (χ1v) is 11.3. The monoisotopic (exact) mass is 396 g/mol. The second-order valence-corrected chi connectivity index (χ2v) is 8.60. The van der Waals surface area contributed by atoms with Crippen molar-refractivity contribution in [2.75, 3.05) is 18.8 Å². The largest absolute Gasteiger partial charge is 0.489 e. The van der Waals surface area contributed by atoms with Crippen molar-refractivity contribution in [1.82, 2.24) is 10.2 Å². The number of carbonyl (C=O) groups is 1. The molecule has 0 spiro atoms. The summed E-state index contributed by atoms with van der Waals surface area (Å²) in [5.41, 5.74) is 2.30. The highest BCUT2D eigenvalue weighted by Gasteiger charge is 2.33. The number of piperidine rings is 1. The normalized spacial score (nSPS) is 22.4. The summed E-state index contributed by atoms with van der Waals surface area (Å²) in [5, 5.41) is 3.68. The van der Waals surface area contributed by atoms with E-state index in [1.165, 1.54) is 19.3 Å².